The number of benzene rings is 1. The number of ether oxygens (including phenoxy) is 1. The summed E-state index contributed by atoms with van der Waals surface area (Å²) in [5, 5.41) is 7.56. The van der Waals surface area contributed by atoms with Crippen LogP contribution in [0.5, 0.6) is 0 Å². The predicted molar refractivity (Wildman–Crippen MR) is 88.3 cm³/mol. The molecule has 0 amide bonds. The highest BCUT2D eigenvalue weighted by Gasteiger charge is 2.12. The Balaban J connectivity index is 2.44. The Morgan fingerprint density at radius 1 is 1.30 bits per heavy atom. The van der Waals surface area contributed by atoms with Crippen molar-refractivity contribution in [2.75, 3.05) is 20.3 Å². The molecule has 0 atom stereocenters. The fourth-order valence-corrected chi connectivity index (χ4v) is 1.70. The van der Waals surface area contributed by atoms with E-state index in [9.17, 15) is 0 Å². The molecule has 4 nitrogen and oxygen atoms in total. The molecule has 0 radical (unpaired) electrons. The number of nitrogens with one attached hydrogen (secondary N) is 2. The molecule has 110 valence electrons. The van der Waals surface area contributed by atoms with Crippen LogP contribution < -0.4 is 10.7 Å². The Morgan fingerprint density at radius 3 is 2.50 bits per heavy atom. The number of hydrogen-bond donors (Lipinski definition) is 2. The Labute approximate surface area is 126 Å². The summed E-state index contributed by atoms with van der Waals surface area (Å²) in [7, 11) is 1.65. The molecule has 5 heteroatoms. The van der Waals surface area contributed by atoms with Crippen LogP contribution in [0.3, 0.4) is 0 Å². The summed E-state index contributed by atoms with van der Waals surface area (Å²) in [6.45, 7) is 7.86. The van der Waals surface area contributed by atoms with Gasteiger partial charge in [-0.15, -0.1) is 0 Å². The van der Waals surface area contributed by atoms with Crippen molar-refractivity contribution in [3.05, 3.63) is 35.4 Å². The molecule has 0 fully saturated rings. The number of hydrazone groups is 1. The van der Waals surface area contributed by atoms with Gasteiger partial charge >= 0.3 is 0 Å². The maximum atomic E-state index is 5.06. The average molecular weight is 293 g/mol. The van der Waals surface area contributed by atoms with Crippen LogP contribution in [-0.4, -0.2) is 31.6 Å². The van der Waals surface area contributed by atoms with Crippen LogP contribution in [-0.2, 0) is 10.2 Å². The van der Waals surface area contributed by atoms with Gasteiger partial charge < -0.3 is 10.1 Å². The smallest absolute Gasteiger partial charge is 0.187 e. The van der Waals surface area contributed by atoms with Crippen LogP contribution >= 0.6 is 12.2 Å². The Hall–Kier alpha value is -1.46. The topological polar surface area (TPSA) is 45.6 Å². The van der Waals surface area contributed by atoms with E-state index in [1.807, 2.05) is 12.1 Å². The summed E-state index contributed by atoms with van der Waals surface area (Å²) in [5.74, 6) is 0. The number of hydrogen-bond acceptors (Lipinski definition) is 3. The quantitative estimate of drug-likeness (QED) is 0.379. The van der Waals surface area contributed by atoms with E-state index in [1.54, 1.807) is 13.3 Å². The molecule has 1 aromatic carbocycles. The van der Waals surface area contributed by atoms with Crippen LogP contribution in [0.4, 0.5) is 0 Å². The Morgan fingerprint density at radius 2 is 1.95 bits per heavy atom. The number of nitrogens with zero attached hydrogens (tertiary/aromatic N) is 1. The van der Waals surface area contributed by atoms with Gasteiger partial charge in [-0.05, 0) is 28.8 Å². The molecule has 0 aliphatic rings. The van der Waals surface area contributed by atoms with Gasteiger partial charge in [0.25, 0.3) is 0 Å². The van der Waals surface area contributed by atoms with E-state index in [1.165, 1.54) is 5.56 Å². The first kappa shape index (κ1) is 16.6. The zero-order valence-electron chi connectivity index (χ0n) is 12.6. The molecule has 0 saturated carbocycles. The van der Waals surface area contributed by atoms with Gasteiger partial charge in [0.05, 0.1) is 12.8 Å². The molecule has 0 bridgehead atoms. The molecule has 0 aromatic heterocycles. The van der Waals surface area contributed by atoms with E-state index >= 15 is 0 Å². The molecule has 0 aliphatic carbocycles. The lowest BCUT2D eigenvalue weighted by Crippen LogP contribution is -2.34. The molecule has 0 heterocycles. The lowest BCUT2D eigenvalue weighted by molar-refractivity contribution is 0.204. The summed E-state index contributed by atoms with van der Waals surface area (Å²) in [6.07, 6.45) is 1.75. The highest BCUT2D eigenvalue weighted by atomic mass is 32.1. The highest BCUT2D eigenvalue weighted by molar-refractivity contribution is 7.80. The standard InChI is InChI=1S/C15H23N3OS/c1-15(2,3)13-7-5-12(6-8-13)11-17-18-14(20)16-9-10-19-4/h5-8,11H,9-10H2,1-4H3,(H2,16,18,20)/b17-11-. The van der Waals surface area contributed by atoms with Crippen LogP contribution in [0, 0.1) is 0 Å². The minimum absolute atomic E-state index is 0.167. The minimum Gasteiger partial charge on any atom is -0.383 e. The lowest BCUT2D eigenvalue weighted by atomic mass is 9.87. The molecule has 1 aromatic rings. The van der Waals surface area contributed by atoms with Crippen molar-refractivity contribution in [2.45, 2.75) is 26.2 Å². The van der Waals surface area contributed by atoms with E-state index < -0.39 is 0 Å². The molecule has 20 heavy (non-hydrogen) atoms. The molecule has 1 rings (SSSR count). The van der Waals surface area contributed by atoms with Crippen molar-refractivity contribution in [1.29, 1.82) is 0 Å². The van der Waals surface area contributed by atoms with E-state index in [0.29, 0.717) is 18.3 Å². The minimum atomic E-state index is 0.167. The highest BCUT2D eigenvalue weighted by Crippen LogP contribution is 2.21. The second-order valence-electron chi connectivity index (χ2n) is 5.49. The molecular weight excluding hydrogens is 270 g/mol. The maximum absolute atomic E-state index is 5.06. The lowest BCUT2D eigenvalue weighted by Gasteiger charge is -2.18. The molecule has 0 saturated heterocycles. The van der Waals surface area contributed by atoms with Gasteiger partial charge in [0.2, 0.25) is 0 Å². The first-order chi connectivity index (χ1) is 9.43. The number of thiocarbonyl (C=S) groups is 1. The summed E-state index contributed by atoms with van der Waals surface area (Å²) < 4.78 is 4.92. The zero-order valence-corrected chi connectivity index (χ0v) is 13.4. The summed E-state index contributed by atoms with van der Waals surface area (Å²) in [4.78, 5) is 0. The first-order valence-electron chi connectivity index (χ1n) is 6.60. The van der Waals surface area contributed by atoms with Crippen molar-refractivity contribution in [3.8, 4) is 0 Å². The van der Waals surface area contributed by atoms with Gasteiger partial charge in [0.15, 0.2) is 5.11 Å². The van der Waals surface area contributed by atoms with Crippen molar-refractivity contribution in [2.24, 2.45) is 5.10 Å². The molecule has 0 spiro atoms. The molecular formula is C15H23N3OS. The molecule has 2 N–H and O–H groups in total. The summed E-state index contributed by atoms with van der Waals surface area (Å²) in [6, 6.07) is 8.34. The van der Waals surface area contributed by atoms with Crippen LogP contribution in [0.1, 0.15) is 31.9 Å². The first-order valence-corrected chi connectivity index (χ1v) is 7.00. The number of rotatable bonds is 5. The van der Waals surface area contributed by atoms with Crippen molar-refractivity contribution in [3.63, 3.8) is 0 Å². The van der Waals surface area contributed by atoms with Crippen LogP contribution in [0.25, 0.3) is 0 Å². The van der Waals surface area contributed by atoms with Crippen LogP contribution in [0.15, 0.2) is 29.4 Å². The molecule has 0 unspecified atom stereocenters. The van der Waals surface area contributed by atoms with E-state index in [4.69, 9.17) is 17.0 Å². The van der Waals surface area contributed by atoms with Gasteiger partial charge in [-0.25, -0.2) is 0 Å². The van der Waals surface area contributed by atoms with Gasteiger partial charge in [-0.3, -0.25) is 5.43 Å². The van der Waals surface area contributed by atoms with Crippen molar-refractivity contribution < 1.29 is 4.74 Å². The van der Waals surface area contributed by atoms with Gasteiger partial charge in [0, 0.05) is 13.7 Å². The average Bonchev–Trinajstić information content (AvgIpc) is 2.38. The largest absolute Gasteiger partial charge is 0.383 e. The predicted octanol–water partition coefficient (Wildman–Crippen LogP) is 2.43. The normalized spacial score (nSPS) is 11.6. The van der Waals surface area contributed by atoms with E-state index in [2.05, 4.69) is 48.7 Å². The van der Waals surface area contributed by atoms with E-state index in [-0.39, 0.29) is 5.41 Å². The third kappa shape index (κ3) is 6.12. The third-order valence-corrected chi connectivity index (χ3v) is 2.98. The van der Waals surface area contributed by atoms with Crippen molar-refractivity contribution >= 4 is 23.5 Å². The van der Waals surface area contributed by atoms with Crippen LogP contribution in [0.2, 0.25) is 0 Å². The zero-order chi connectivity index (χ0) is 15.0. The second-order valence-corrected chi connectivity index (χ2v) is 5.90. The second kappa shape index (κ2) is 7.97. The fraction of sp³-hybridized carbons (Fsp3) is 0.467. The van der Waals surface area contributed by atoms with Crippen molar-refractivity contribution in [1.82, 2.24) is 10.7 Å². The fourth-order valence-electron chi connectivity index (χ4n) is 1.54. The monoisotopic (exact) mass is 293 g/mol. The Kier molecular flexibility index (Phi) is 6.61. The van der Waals surface area contributed by atoms with Gasteiger partial charge in [-0.1, -0.05) is 45.0 Å². The van der Waals surface area contributed by atoms with Gasteiger partial charge in [-0.2, -0.15) is 5.10 Å². The Bertz CT molecular complexity index is 449. The summed E-state index contributed by atoms with van der Waals surface area (Å²) in [5.41, 5.74) is 5.27. The SMILES string of the molecule is COCCNC(=S)N/N=C\c1ccc(C(C)(C)C)cc1. The van der Waals surface area contributed by atoms with E-state index in [0.717, 1.165) is 5.56 Å². The number of methoxy groups -OCH3 is 1. The summed E-state index contributed by atoms with van der Waals surface area (Å²) >= 11 is 5.06. The third-order valence-electron chi connectivity index (χ3n) is 2.75. The molecule has 0 aliphatic heterocycles. The van der Waals surface area contributed by atoms with Gasteiger partial charge in [0.1, 0.15) is 0 Å². The maximum Gasteiger partial charge on any atom is 0.187 e.